The van der Waals surface area contributed by atoms with Crippen molar-refractivity contribution in [3.8, 4) is 11.6 Å². The SMILES string of the molecule is CC(C(=O)NCc1ccccc1)N(Cc1ccccc1)C(C)c1ccc2nc(Nc3cccnc3Oc3ccccc3C(C)(C)C)[nH]c2c1. The number of aromatic nitrogens is 3. The molecule has 6 aromatic rings. The minimum atomic E-state index is -0.374. The molecule has 4 aromatic carbocycles. The molecule has 1 amide bonds. The number of nitrogens with zero attached hydrogens (tertiary/aromatic N) is 3. The average Bonchev–Trinajstić information content (AvgIpc) is 3.52. The van der Waals surface area contributed by atoms with Crippen molar-refractivity contribution in [2.45, 2.75) is 65.2 Å². The van der Waals surface area contributed by atoms with Gasteiger partial charge in [0.2, 0.25) is 17.7 Å². The van der Waals surface area contributed by atoms with Gasteiger partial charge in [-0.05, 0) is 66.3 Å². The fourth-order valence-corrected chi connectivity index (χ4v) is 6.00. The van der Waals surface area contributed by atoms with Crippen LogP contribution in [0.4, 0.5) is 11.6 Å². The first-order valence-electron chi connectivity index (χ1n) is 16.8. The van der Waals surface area contributed by atoms with E-state index in [-0.39, 0.29) is 23.4 Å². The first-order valence-corrected chi connectivity index (χ1v) is 16.8. The molecule has 0 spiro atoms. The molecule has 2 atom stereocenters. The van der Waals surface area contributed by atoms with Crippen molar-refractivity contribution in [2.75, 3.05) is 5.32 Å². The summed E-state index contributed by atoms with van der Waals surface area (Å²) < 4.78 is 6.37. The molecule has 0 radical (unpaired) electrons. The highest BCUT2D eigenvalue weighted by Crippen LogP contribution is 2.36. The summed E-state index contributed by atoms with van der Waals surface area (Å²) in [6, 6.07) is 37.9. The van der Waals surface area contributed by atoms with Crippen LogP contribution in [0.1, 0.15) is 62.9 Å². The van der Waals surface area contributed by atoms with Gasteiger partial charge in [-0.1, -0.05) is 106 Å². The first kappa shape index (κ1) is 33.4. The average molecular weight is 653 g/mol. The van der Waals surface area contributed by atoms with Crippen molar-refractivity contribution in [3.05, 3.63) is 144 Å². The third-order valence-corrected chi connectivity index (χ3v) is 8.81. The van der Waals surface area contributed by atoms with Crippen LogP contribution < -0.4 is 15.4 Å². The van der Waals surface area contributed by atoms with Gasteiger partial charge in [0.05, 0.1) is 17.1 Å². The zero-order valence-electron chi connectivity index (χ0n) is 28.8. The number of pyridine rings is 1. The van der Waals surface area contributed by atoms with Crippen molar-refractivity contribution < 1.29 is 9.53 Å². The lowest BCUT2D eigenvalue weighted by Gasteiger charge is -2.34. The Morgan fingerprint density at radius 2 is 1.55 bits per heavy atom. The largest absolute Gasteiger partial charge is 0.437 e. The zero-order valence-corrected chi connectivity index (χ0v) is 28.8. The standard InChI is InChI=1S/C41H44N6O2/c1-28(47(27-31-17-10-7-11-18-31)29(2)38(48)43-26-30-15-8-6-9-16-30)32-22-23-34-36(25-32)46-40(44-34)45-35-20-14-24-42-39(35)49-37-21-13-12-19-33(37)41(3,4)5/h6-25,28-29H,26-27H2,1-5H3,(H,43,48)(H2,44,45,46). The van der Waals surface area contributed by atoms with E-state index < -0.39 is 0 Å². The van der Waals surface area contributed by atoms with Gasteiger partial charge in [-0.3, -0.25) is 9.69 Å². The molecule has 0 saturated heterocycles. The van der Waals surface area contributed by atoms with Crippen LogP contribution in [0.25, 0.3) is 11.0 Å². The van der Waals surface area contributed by atoms with Crippen molar-refractivity contribution >= 4 is 28.6 Å². The van der Waals surface area contributed by atoms with Gasteiger partial charge in [0.1, 0.15) is 11.4 Å². The van der Waals surface area contributed by atoms with Gasteiger partial charge in [0.15, 0.2) is 0 Å². The molecule has 2 heterocycles. The minimum absolute atomic E-state index is 0.0136. The maximum atomic E-state index is 13.5. The van der Waals surface area contributed by atoms with E-state index in [1.807, 2.05) is 91.9 Å². The third-order valence-electron chi connectivity index (χ3n) is 8.81. The number of nitrogens with one attached hydrogen (secondary N) is 3. The maximum absolute atomic E-state index is 13.5. The lowest BCUT2D eigenvalue weighted by molar-refractivity contribution is -0.127. The van der Waals surface area contributed by atoms with Crippen LogP contribution in [-0.2, 0) is 23.3 Å². The van der Waals surface area contributed by atoms with Crippen molar-refractivity contribution in [2.24, 2.45) is 0 Å². The second kappa shape index (κ2) is 14.7. The van der Waals surface area contributed by atoms with Gasteiger partial charge in [0, 0.05) is 30.9 Å². The van der Waals surface area contributed by atoms with Crippen LogP contribution in [0.5, 0.6) is 11.6 Å². The number of hydrogen-bond donors (Lipinski definition) is 3. The van der Waals surface area contributed by atoms with Gasteiger partial charge < -0.3 is 20.4 Å². The van der Waals surface area contributed by atoms with Crippen molar-refractivity contribution in [1.29, 1.82) is 0 Å². The number of imidazole rings is 1. The summed E-state index contributed by atoms with van der Waals surface area (Å²) in [6.45, 7) is 11.7. The van der Waals surface area contributed by atoms with E-state index in [1.165, 1.54) is 0 Å². The molecular formula is C41H44N6O2. The molecule has 0 fully saturated rings. The first-order chi connectivity index (χ1) is 23.7. The summed E-state index contributed by atoms with van der Waals surface area (Å²) >= 11 is 0. The van der Waals surface area contributed by atoms with E-state index in [9.17, 15) is 4.79 Å². The molecular weight excluding hydrogens is 608 g/mol. The Bertz CT molecular complexity index is 2000. The molecule has 8 heteroatoms. The zero-order chi connectivity index (χ0) is 34.4. The number of carbonyl (C=O) groups is 1. The Hall–Kier alpha value is -5.47. The lowest BCUT2D eigenvalue weighted by atomic mass is 9.86. The Morgan fingerprint density at radius 3 is 2.29 bits per heavy atom. The number of carbonyl (C=O) groups excluding carboxylic acids is 1. The molecule has 2 aromatic heterocycles. The van der Waals surface area contributed by atoms with E-state index in [0.717, 1.165) is 39.0 Å². The second-order valence-electron chi connectivity index (χ2n) is 13.4. The number of benzene rings is 4. The van der Waals surface area contributed by atoms with Gasteiger partial charge in [0.25, 0.3) is 0 Å². The number of amides is 1. The number of aromatic amines is 1. The summed E-state index contributed by atoms with van der Waals surface area (Å²) in [4.78, 5) is 28.5. The molecule has 3 N–H and O–H groups in total. The smallest absolute Gasteiger partial charge is 0.243 e. The highest BCUT2D eigenvalue weighted by molar-refractivity contribution is 5.82. The molecule has 250 valence electrons. The highest BCUT2D eigenvalue weighted by Gasteiger charge is 2.27. The van der Waals surface area contributed by atoms with Crippen LogP contribution in [-0.4, -0.2) is 31.8 Å². The number of H-pyrrole nitrogens is 1. The summed E-state index contributed by atoms with van der Waals surface area (Å²) in [7, 11) is 0. The molecule has 6 rings (SSSR count). The molecule has 0 aliphatic rings. The molecule has 49 heavy (non-hydrogen) atoms. The van der Waals surface area contributed by atoms with Crippen molar-refractivity contribution in [1.82, 2.24) is 25.2 Å². The number of rotatable bonds is 12. The fourth-order valence-electron chi connectivity index (χ4n) is 6.00. The van der Waals surface area contributed by atoms with Gasteiger partial charge in [-0.15, -0.1) is 0 Å². The molecule has 2 unspecified atom stereocenters. The monoisotopic (exact) mass is 652 g/mol. The lowest BCUT2D eigenvalue weighted by Crippen LogP contribution is -2.45. The second-order valence-corrected chi connectivity index (χ2v) is 13.4. The van der Waals surface area contributed by atoms with Gasteiger partial charge in [-0.25, -0.2) is 9.97 Å². The van der Waals surface area contributed by atoms with Crippen LogP contribution in [0, 0.1) is 0 Å². The summed E-state index contributed by atoms with van der Waals surface area (Å²) in [6.07, 6.45) is 1.72. The van der Waals surface area contributed by atoms with E-state index in [2.05, 4.69) is 83.5 Å². The molecule has 0 aliphatic carbocycles. The van der Waals surface area contributed by atoms with Crippen LogP contribution in [0.2, 0.25) is 0 Å². The number of anilines is 2. The van der Waals surface area contributed by atoms with Gasteiger partial charge in [-0.2, -0.15) is 0 Å². The van der Waals surface area contributed by atoms with Gasteiger partial charge >= 0.3 is 0 Å². The summed E-state index contributed by atoms with van der Waals surface area (Å²) in [5.41, 5.74) is 6.70. The van der Waals surface area contributed by atoms with E-state index in [1.54, 1.807) is 6.20 Å². The third kappa shape index (κ3) is 8.16. The number of para-hydroxylation sites is 1. The summed E-state index contributed by atoms with van der Waals surface area (Å²) in [5.74, 6) is 1.80. The van der Waals surface area contributed by atoms with Crippen LogP contribution >= 0.6 is 0 Å². The molecule has 0 bridgehead atoms. The Balaban J connectivity index is 1.22. The normalized spacial score (nSPS) is 12.9. The topological polar surface area (TPSA) is 95.2 Å². The quantitative estimate of drug-likeness (QED) is 0.122. The van der Waals surface area contributed by atoms with E-state index in [4.69, 9.17) is 9.72 Å². The Morgan fingerprint density at radius 1 is 0.857 bits per heavy atom. The van der Waals surface area contributed by atoms with Crippen LogP contribution in [0.15, 0.2) is 121 Å². The predicted octanol–water partition coefficient (Wildman–Crippen LogP) is 9.06. The summed E-state index contributed by atoms with van der Waals surface area (Å²) in [5, 5.41) is 6.52. The van der Waals surface area contributed by atoms with Crippen LogP contribution in [0.3, 0.4) is 0 Å². The number of fused-ring (bicyclic) bond motifs is 1. The van der Waals surface area contributed by atoms with E-state index in [0.29, 0.717) is 30.6 Å². The predicted molar refractivity (Wildman–Crippen MR) is 197 cm³/mol. The molecule has 0 aliphatic heterocycles. The Kier molecular flexibility index (Phi) is 10.1. The van der Waals surface area contributed by atoms with E-state index >= 15 is 0 Å². The van der Waals surface area contributed by atoms with Crippen molar-refractivity contribution in [3.63, 3.8) is 0 Å². The molecule has 8 nitrogen and oxygen atoms in total. The maximum Gasteiger partial charge on any atom is 0.243 e. The highest BCUT2D eigenvalue weighted by atomic mass is 16.5. The number of hydrogen-bond acceptors (Lipinski definition) is 6. The Labute approximate surface area is 288 Å². The molecule has 0 saturated carbocycles. The number of ether oxygens (including phenoxy) is 1. The fraction of sp³-hybridized carbons (Fsp3) is 0.244. The minimum Gasteiger partial charge on any atom is -0.437 e.